The van der Waals surface area contributed by atoms with E-state index in [4.69, 9.17) is 24.5 Å². The van der Waals surface area contributed by atoms with Gasteiger partial charge in [-0.05, 0) is 30.3 Å². The molecule has 0 radical (unpaired) electrons. The van der Waals surface area contributed by atoms with Crippen LogP contribution in [0.3, 0.4) is 0 Å². The lowest BCUT2D eigenvalue weighted by Crippen LogP contribution is -1.98. The van der Waals surface area contributed by atoms with Crippen molar-refractivity contribution in [2.75, 3.05) is 20.8 Å². The molecule has 6 heteroatoms. The Morgan fingerprint density at radius 1 is 1.08 bits per heavy atom. The number of benzene rings is 2. The Balaban J connectivity index is 2.07. The van der Waals surface area contributed by atoms with E-state index < -0.39 is 0 Å². The molecular weight excluding hydrogens is 306 g/mol. The van der Waals surface area contributed by atoms with Crippen LogP contribution in [0.25, 0.3) is 22.4 Å². The van der Waals surface area contributed by atoms with Gasteiger partial charge in [-0.3, -0.25) is 0 Å². The van der Waals surface area contributed by atoms with E-state index in [-0.39, 0.29) is 6.61 Å². The van der Waals surface area contributed by atoms with Gasteiger partial charge in [0.05, 0.1) is 25.3 Å². The number of ether oxygens (including phenoxy) is 3. The van der Waals surface area contributed by atoms with Gasteiger partial charge < -0.3 is 18.8 Å². The second-order valence-corrected chi connectivity index (χ2v) is 5.16. The average Bonchev–Trinajstić information content (AvgIpc) is 2.95. The van der Waals surface area contributed by atoms with E-state index in [1.54, 1.807) is 20.3 Å². The molecule has 2 aromatic carbocycles. The molecule has 6 nitrogen and oxygen atoms in total. The van der Waals surface area contributed by atoms with E-state index in [1.165, 1.54) is 0 Å². The van der Waals surface area contributed by atoms with Crippen molar-refractivity contribution in [2.45, 2.75) is 0 Å². The summed E-state index contributed by atoms with van der Waals surface area (Å²) in [4.78, 5) is 4.69. The van der Waals surface area contributed by atoms with Crippen LogP contribution in [-0.2, 0) is 7.05 Å². The first-order valence-electron chi connectivity index (χ1n) is 7.36. The summed E-state index contributed by atoms with van der Waals surface area (Å²) in [6.07, 6.45) is 0. The van der Waals surface area contributed by atoms with Gasteiger partial charge in [-0.1, -0.05) is 0 Å². The fourth-order valence-electron chi connectivity index (χ4n) is 2.60. The maximum absolute atomic E-state index is 8.64. The van der Waals surface area contributed by atoms with E-state index in [0.717, 1.165) is 28.2 Å². The van der Waals surface area contributed by atoms with Gasteiger partial charge in [-0.15, -0.1) is 0 Å². The summed E-state index contributed by atoms with van der Waals surface area (Å²) in [5.41, 5.74) is 2.76. The quantitative estimate of drug-likeness (QED) is 0.721. The summed E-state index contributed by atoms with van der Waals surface area (Å²) in [5.74, 6) is 2.67. The molecule has 0 saturated carbocycles. The first-order valence-corrected chi connectivity index (χ1v) is 7.36. The van der Waals surface area contributed by atoms with Crippen molar-refractivity contribution in [3.63, 3.8) is 0 Å². The van der Waals surface area contributed by atoms with Crippen LogP contribution in [0.1, 0.15) is 0 Å². The zero-order chi connectivity index (χ0) is 17.1. The molecule has 1 heterocycles. The molecule has 1 aromatic heterocycles. The van der Waals surface area contributed by atoms with E-state index in [0.29, 0.717) is 11.5 Å². The highest BCUT2D eigenvalue weighted by molar-refractivity contribution is 5.82. The zero-order valence-electron chi connectivity index (χ0n) is 13.7. The van der Waals surface area contributed by atoms with Crippen molar-refractivity contribution < 1.29 is 14.2 Å². The van der Waals surface area contributed by atoms with E-state index in [1.807, 2.05) is 48.0 Å². The summed E-state index contributed by atoms with van der Waals surface area (Å²) >= 11 is 0. The van der Waals surface area contributed by atoms with Crippen molar-refractivity contribution in [3.05, 3.63) is 36.4 Å². The van der Waals surface area contributed by atoms with Crippen LogP contribution >= 0.6 is 0 Å². The SMILES string of the molecule is COc1ccc2c(c1)nc(-c1ccc(OCC#N)c(OC)c1)n2C. The number of hydrogen-bond donors (Lipinski definition) is 0. The van der Waals surface area contributed by atoms with Gasteiger partial charge in [0.2, 0.25) is 0 Å². The van der Waals surface area contributed by atoms with Crippen LogP contribution in [0.2, 0.25) is 0 Å². The Morgan fingerprint density at radius 2 is 1.92 bits per heavy atom. The second-order valence-electron chi connectivity index (χ2n) is 5.16. The van der Waals surface area contributed by atoms with E-state index >= 15 is 0 Å². The third-order valence-electron chi connectivity index (χ3n) is 3.80. The van der Waals surface area contributed by atoms with Crippen molar-refractivity contribution in [2.24, 2.45) is 7.05 Å². The molecule has 0 unspecified atom stereocenters. The molecule has 0 bridgehead atoms. The zero-order valence-corrected chi connectivity index (χ0v) is 13.7. The van der Waals surface area contributed by atoms with Gasteiger partial charge in [0.15, 0.2) is 18.1 Å². The number of fused-ring (bicyclic) bond motifs is 1. The van der Waals surface area contributed by atoms with Crippen LogP contribution in [-0.4, -0.2) is 30.4 Å². The van der Waals surface area contributed by atoms with Crippen molar-refractivity contribution in [1.82, 2.24) is 9.55 Å². The molecule has 0 fully saturated rings. The first-order chi connectivity index (χ1) is 11.7. The molecule has 0 spiro atoms. The normalized spacial score (nSPS) is 10.4. The summed E-state index contributed by atoms with van der Waals surface area (Å²) in [6.45, 7) is -0.0260. The van der Waals surface area contributed by atoms with Gasteiger partial charge in [0, 0.05) is 18.7 Å². The number of hydrogen-bond acceptors (Lipinski definition) is 5. The topological polar surface area (TPSA) is 69.3 Å². The predicted molar refractivity (Wildman–Crippen MR) is 90.4 cm³/mol. The number of nitriles is 1. The van der Waals surface area contributed by atoms with Gasteiger partial charge in [0.25, 0.3) is 0 Å². The second kappa shape index (κ2) is 6.50. The van der Waals surface area contributed by atoms with Crippen molar-refractivity contribution >= 4 is 11.0 Å². The number of aryl methyl sites for hydroxylation is 1. The average molecular weight is 323 g/mol. The number of nitrogens with zero attached hydrogens (tertiary/aromatic N) is 3. The van der Waals surface area contributed by atoms with Crippen LogP contribution in [0.15, 0.2) is 36.4 Å². The van der Waals surface area contributed by atoms with E-state index in [9.17, 15) is 0 Å². The lowest BCUT2D eigenvalue weighted by Gasteiger charge is -2.10. The molecule has 0 amide bonds. The van der Waals surface area contributed by atoms with Crippen molar-refractivity contribution in [1.29, 1.82) is 5.26 Å². The summed E-state index contributed by atoms with van der Waals surface area (Å²) < 4.78 is 18.0. The molecule has 0 N–H and O–H groups in total. The molecular formula is C18H17N3O3. The van der Waals surface area contributed by atoms with Crippen LogP contribution in [0, 0.1) is 11.3 Å². The van der Waals surface area contributed by atoms with Gasteiger partial charge in [0.1, 0.15) is 17.6 Å². The molecule has 0 saturated heterocycles. The highest BCUT2D eigenvalue weighted by Crippen LogP contribution is 2.33. The lowest BCUT2D eigenvalue weighted by atomic mass is 10.2. The van der Waals surface area contributed by atoms with Gasteiger partial charge >= 0.3 is 0 Å². The number of aromatic nitrogens is 2. The van der Waals surface area contributed by atoms with Gasteiger partial charge in [-0.2, -0.15) is 5.26 Å². The van der Waals surface area contributed by atoms with Crippen LogP contribution in [0.4, 0.5) is 0 Å². The maximum atomic E-state index is 8.64. The van der Waals surface area contributed by atoms with Gasteiger partial charge in [-0.25, -0.2) is 4.98 Å². The monoisotopic (exact) mass is 323 g/mol. The summed E-state index contributed by atoms with van der Waals surface area (Å²) in [5, 5.41) is 8.64. The Bertz CT molecular complexity index is 925. The molecule has 0 atom stereocenters. The lowest BCUT2D eigenvalue weighted by molar-refractivity contribution is 0.330. The Morgan fingerprint density at radius 3 is 2.62 bits per heavy atom. The largest absolute Gasteiger partial charge is 0.497 e. The third-order valence-corrected chi connectivity index (χ3v) is 3.80. The van der Waals surface area contributed by atoms with Crippen molar-refractivity contribution in [3.8, 4) is 34.7 Å². The standard InChI is InChI=1S/C18H17N3O3/c1-21-15-6-5-13(22-2)11-14(15)20-18(21)12-4-7-16(24-9-8-19)17(10-12)23-3/h4-7,10-11H,9H2,1-3H3. The highest BCUT2D eigenvalue weighted by atomic mass is 16.5. The minimum absolute atomic E-state index is 0.0260. The number of methoxy groups -OCH3 is 2. The number of imidazole rings is 1. The number of rotatable bonds is 5. The molecule has 0 aliphatic heterocycles. The van der Waals surface area contributed by atoms with Crippen LogP contribution in [0.5, 0.6) is 17.2 Å². The third kappa shape index (κ3) is 2.72. The molecule has 3 aromatic rings. The molecule has 0 aliphatic carbocycles. The van der Waals surface area contributed by atoms with E-state index in [2.05, 4.69) is 0 Å². The maximum Gasteiger partial charge on any atom is 0.174 e. The Labute approximate surface area is 139 Å². The Hall–Kier alpha value is -3.20. The minimum Gasteiger partial charge on any atom is -0.497 e. The highest BCUT2D eigenvalue weighted by Gasteiger charge is 2.13. The molecule has 122 valence electrons. The fraction of sp³-hybridized carbons (Fsp3) is 0.222. The molecule has 3 rings (SSSR count). The predicted octanol–water partition coefficient (Wildman–Crippen LogP) is 3.16. The summed E-state index contributed by atoms with van der Waals surface area (Å²) in [7, 11) is 5.16. The minimum atomic E-state index is -0.0260. The first kappa shape index (κ1) is 15.7. The fourth-order valence-corrected chi connectivity index (χ4v) is 2.60. The summed E-state index contributed by atoms with van der Waals surface area (Å²) in [6, 6.07) is 13.3. The molecule has 0 aliphatic rings. The smallest absolute Gasteiger partial charge is 0.174 e. The van der Waals surface area contributed by atoms with Crippen LogP contribution < -0.4 is 14.2 Å². The molecule has 24 heavy (non-hydrogen) atoms. The Kier molecular flexibility index (Phi) is 4.25.